The molecule has 4 amide bonds. The highest BCUT2D eigenvalue weighted by Gasteiger charge is 2.55. The van der Waals surface area contributed by atoms with E-state index in [9.17, 15) is 14.4 Å². The minimum absolute atomic E-state index is 0.218. The van der Waals surface area contributed by atoms with Crippen LogP contribution >= 0.6 is 0 Å². The van der Waals surface area contributed by atoms with E-state index in [0.29, 0.717) is 19.5 Å². The van der Waals surface area contributed by atoms with Crippen molar-refractivity contribution in [2.45, 2.75) is 45.2 Å². The molecule has 1 saturated heterocycles. The molecule has 0 aromatic heterocycles. The highest BCUT2D eigenvalue weighted by molar-refractivity contribution is 6.09. The Morgan fingerprint density at radius 1 is 1.13 bits per heavy atom. The van der Waals surface area contributed by atoms with Gasteiger partial charge < -0.3 is 10.2 Å². The van der Waals surface area contributed by atoms with Crippen molar-refractivity contribution < 1.29 is 14.4 Å². The fraction of sp³-hybridized carbons (Fsp3) is 0.375. The van der Waals surface area contributed by atoms with Gasteiger partial charge in [-0.05, 0) is 42.9 Å². The van der Waals surface area contributed by atoms with E-state index in [1.165, 1.54) is 0 Å². The smallest absolute Gasteiger partial charge is 0.325 e. The first kappa shape index (κ1) is 20.1. The first-order valence-electron chi connectivity index (χ1n) is 10.5. The van der Waals surface area contributed by atoms with Crippen LogP contribution in [0.15, 0.2) is 48.5 Å². The molecular formula is C24H27N3O3. The van der Waals surface area contributed by atoms with Gasteiger partial charge in [-0.3, -0.25) is 14.5 Å². The van der Waals surface area contributed by atoms with Crippen molar-refractivity contribution in [3.63, 3.8) is 0 Å². The van der Waals surface area contributed by atoms with E-state index in [1.807, 2.05) is 62.4 Å². The fourth-order valence-corrected chi connectivity index (χ4v) is 4.44. The van der Waals surface area contributed by atoms with Gasteiger partial charge in [-0.25, -0.2) is 4.79 Å². The summed E-state index contributed by atoms with van der Waals surface area (Å²) in [6, 6.07) is 15.3. The maximum Gasteiger partial charge on any atom is 0.325 e. The number of hydrogen-bond acceptors (Lipinski definition) is 3. The molecule has 0 bridgehead atoms. The Labute approximate surface area is 176 Å². The third-order valence-corrected chi connectivity index (χ3v) is 6.06. The van der Waals surface area contributed by atoms with Crippen molar-refractivity contribution in [2.24, 2.45) is 0 Å². The van der Waals surface area contributed by atoms with Crippen molar-refractivity contribution in [2.75, 3.05) is 13.1 Å². The van der Waals surface area contributed by atoms with E-state index in [1.54, 1.807) is 4.90 Å². The third-order valence-electron chi connectivity index (χ3n) is 6.06. The molecular weight excluding hydrogens is 378 g/mol. The number of hydrogen-bond donors (Lipinski definition) is 1. The Hall–Kier alpha value is -3.15. The first-order valence-corrected chi connectivity index (χ1v) is 10.5. The summed E-state index contributed by atoms with van der Waals surface area (Å²) in [4.78, 5) is 41.8. The second kappa shape index (κ2) is 7.94. The number of carbonyl (C=O) groups excluding carboxylic acids is 3. The minimum Gasteiger partial charge on any atom is -0.337 e. The molecule has 1 spiro atoms. The predicted octanol–water partition coefficient (Wildman–Crippen LogP) is 3.13. The second-order valence-electron chi connectivity index (χ2n) is 8.18. The van der Waals surface area contributed by atoms with Crippen LogP contribution < -0.4 is 5.32 Å². The lowest BCUT2D eigenvalue weighted by atomic mass is 9.92. The van der Waals surface area contributed by atoms with Crippen LogP contribution in [0.3, 0.4) is 0 Å². The second-order valence-corrected chi connectivity index (χ2v) is 8.18. The number of aryl methyl sites for hydroxylation is 2. The normalized spacial score (nSPS) is 19.9. The summed E-state index contributed by atoms with van der Waals surface area (Å²) in [7, 11) is 0. The Balaban J connectivity index is 1.51. The van der Waals surface area contributed by atoms with Crippen LogP contribution in [0.4, 0.5) is 4.79 Å². The zero-order chi connectivity index (χ0) is 21.3. The van der Waals surface area contributed by atoms with Crippen LogP contribution in [-0.4, -0.2) is 40.7 Å². The molecule has 0 unspecified atom stereocenters. The van der Waals surface area contributed by atoms with Gasteiger partial charge in [-0.1, -0.05) is 61.0 Å². The van der Waals surface area contributed by atoms with Gasteiger partial charge in [0.15, 0.2) is 0 Å². The van der Waals surface area contributed by atoms with Crippen molar-refractivity contribution >= 4 is 17.8 Å². The van der Waals surface area contributed by atoms with Gasteiger partial charge in [0.25, 0.3) is 5.91 Å². The van der Waals surface area contributed by atoms with Crippen molar-refractivity contribution in [1.82, 2.24) is 15.1 Å². The van der Waals surface area contributed by atoms with E-state index in [-0.39, 0.29) is 18.4 Å². The summed E-state index contributed by atoms with van der Waals surface area (Å²) in [5, 5.41) is 2.88. The average molecular weight is 405 g/mol. The molecule has 1 aliphatic carbocycles. The Morgan fingerprint density at radius 2 is 1.87 bits per heavy atom. The molecule has 1 atom stereocenters. The van der Waals surface area contributed by atoms with Crippen LogP contribution in [-0.2, 0) is 28.1 Å². The minimum atomic E-state index is -1.03. The molecule has 1 aliphatic heterocycles. The zero-order valence-corrected chi connectivity index (χ0v) is 17.5. The average Bonchev–Trinajstić information content (AvgIpc) is 3.22. The van der Waals surface area contributed by atoms with Crippen LogP contribution in [0.5, 0.6) is 0 Å². The number of benzene rings is 2. The molecule has 2 aliphatic rings. The van der Waals surface area contributed by atoms with Gasteiger partial charge in [0.2, 0.25) is 5.91 Å². The largest absolute Gasteiger partial charge is 0.337 e. The lowest BCUT2D eigenvalue weighted by molar-refractivity contribution is -0.139. The monoisotopic (exact) mass is 405 g/mol. The molecule has 0 saturated carbocycles. The quantitative estimate of drug-likeness (QED) is 0.751. The van der Waals surface area contributed by atoms with E-state index in [4.69, 9.17) is 0 Å². The molecule has 6 heteroatoms. The maximum absolute atomic E-state index is 13.3. The number of nitrogens with one attached hydrogen (secondary N) is 1. The molecule has 2 aromatic carbocycles. The lowest BCUT2D eigenvalue weighted by Crippen LogP contribution is -2.45. The van der Waals surface area contributed by atoms with Gasteiger partial charge in [0, 0.05) is 13.1 Å². The summed E-state index contributed by atoms with van der Waals surface area (Å²) in [5.41, 5.74) is 3.09. The molecule has 0 radical (unpaired) electrons. The van der Waals surface area contributed by atoms with Gasteiger partial charge in [0.1, 0.15) is 12.1 Å². The number of rotatable bonds is 6. The molecule has 1 fully saturated rings. The predicted molar refractivity (Wildman–Crippen MR) is 114 cm³/mol. The highest BCUT2D eigenvalue weighted by Crippen LogP contribution is 2.41. The van der Waals surface area contributed by atoms with E-state index < -0.39 is 11.6 Å². The third kappa shape index (κ3) is 3.47. The summed E-state index contributed by atoms with van der Waals surface area (Å²) in [5.74, 6) is -0.540. The van der Waals surface area contributed by atoms with Crippen LogP contribution in [0, 0.1) is 6.92 Å². The topological polar surface area (TPSA) is 69.7 Å². The molecule has 1 N–H and O–H groups in total. The SMILES string of the molecule is CCCN(Cc1ccc(C)cc1)C(=O)CN1C(=O)N[C@@]2(CCc3ccccc32)C1=O. The Bertz CT molecular complexity index is 985. The molecule has 4 rings (SSSR count). The van der Waals surface area contributed by atoms with Gasteiger partial charge in [0.05, 0.1) is 0 Å². The van der Waals surface area contributed by atoms with E-state index in [2.05, 4.69) is 5.32 Å². The molecule has 30 heavy (non-hydrogen) atoms. The summed E-state index contributed by atoms with van der Waals surface area (Å²) < 4.78 is 0. The lowest BCUT2D eigenvalue weighted by Gasteiger charge is -2.25. The Morgan fingerprint density at radius 3 is 2.60 bits per heavy atom. The number of urea groups is 1. The molecule has 156 valence electrons. The van der Waals surface area contributed by atoms with Gasteiger partial charge in [-0.2, -0.15) is 0 Å². The van der Waals surface area contributed by atoms with Gasteiger partial charge in [-0.15, -0.1) is 0 Å². The summed E-state index contributed by atoms with van der Waals surface area (Å²) in [6.07, 6.45) is 2.07. The van der Waals surface area contributed by atoms with E-state index >= 15 is 0 Å². The van der Waals surface area contributed by atoms with Crippen LogP contribution in [0.1, 0.15) is 42.0 Å². The molecule has 1 heterocycles. The van der Waals surface area contributed by atoms with Crippen LogP contribution in [0.2, 0.25) is 0 Å². The molecule has 2 aromatic rings. The number of carbonyl (C=O) groups is 3. The first-order chi connectivity index (χ1) is 14.4. The van der Waals surface area contributed by atoms with E-state index in [0.717, 1.165) is 40.0 Å². The van der Waals surface area contributed by atoms with Crippen molar-refractivity contribution in [3.05, 3.63) is 70.8 Å². The summed E-state index contributed by atoms with van der Waals surface area (Å²) in [6.45, 7) is 4.83. The number of nitrogens with zero attached hydrogens (tertiary/aromatic N) is 2. The molecule has 6 nitrogen and oxygen atoms in total. The van der Waals surface area contributed by atoms with Crippen molar-refractivity contribution in [3.8, 4) is 0 Å². The van der Waals surface area contributed by atoms with Crippen molar-refractivity contribution in [1.29, 1.82) is 0 Å². The zero-order valence-electron chi connectivity index (χ0n) is 17.5. The summed E-state index contributed by atoms with van der Waals surface area (Å²) >= 11 is 0. The van der Waals surface area contributed by atoms with Gasteiger partial charge >= 0.3 is 6.03 Å². The highest BCUT2D eigenvalue weighted by atomic mass is 16.2. The maximum atomic E-state index is 13.3. The standard InChI is InChI=1S/C24H27N3O3/c1-3-14-26(15-18-10-8-17(2)9-11-18)21(28)16-27-22(29)24(25-23(27)30)13-12-19-6-4-5-7-20(19)24/h4-11H,3,12-16H2,1-2H3,(H,25,30)/t24-/m1/s1. The number of imide groups is 1. The number of amides is 4. The number of fused-ring (bicyclic) bond motifs is 2. The Kier molecular flexibility index (Phi) is 5.33. The fourth-order valence-electron chi connectivity index (χ4n) is 4.44. The van der Waals surface area contributed by atoms with Crippen LogP contribution in [0.25, 0.3) is 0 Å².